The van der Waals surface area contributed by atoms with Gasteiger partial charge in [0.1, 0.15) is 0 Å². The van der Waals surface area contributed by atoms with Crippen LogP contribution in [0.3, 0.4) is 0 Å². The number of aromatic nitrogens is 1. The number of hydrogen-bond acceptors (Lipinski definition) is 2. The van der Waals surface area contributed by atoms with Crippen molar-refractivity contribution in [3.63, 3.8) is 0 Å². The zero-order valence-electron chi connectivity index (χ0n) is 9.79. The number of pyridine rings is 1. The van der Waals surface area contributed by atoms with Crippen LogP contribution in [0.2, 0.25) is 0 Å². The molecule has 1 N–H and O–H groups in total. The molecule has 0 amide bonds. The molecule has 2 rings (SSSR count). The second-order valence-corrected chi connectivity index (χ2v) is 4.33. The summed E-state index contributed by atoms with van der Waals surface area (Å²) in [5.41, 5.74) is 3.40. The van der Waals surface area contributed by atoms with Crippen molar-refractivity contribution in [3.05, 3.63) is 28.6 Å². The molecule has 0 saturated heterocycles. The third kappa shape index (κ3) is 1.70. The van der Waals surface area contributed by atoms with Crippen molar-refractivity contribution in [1.29, 1.82) is 0 Å². The van der Waals surface area contributed by atoms with Gasteiger partial charge in [-0.05, 0) is 37.3 Å². The molecule has 1 aromatic rings. The predicted molar refractivity (Wildman–Crippen MR) is 61.9 cm³/mol. The van der Waals surface area contributed by atoms with E-state index in [2.05, 4.69) is 11.9 Å². The highest BCUT2D eigenvalue weighted by molar-refractivity contribution is 5.89. The van der Waals surface area contributed by atoms with E-state index in [0.29, 0.717) is 17.9 Å². The standard InChI is InChI=1S/C13H17NO2/c1-3-8-5-6-9-7-10(13(15)16)11(4-2)14-12(8)9/h7-8H,3-6H2,1-2H3,(H,15,16). The van der Waals surface area contributed by atoms with E-state index in [0.717, 1.165) is 36.2 Å². The fraction of sp³-hybridized carbons (Fsp3) is 0.538. The maximum Gasteiger partial charge on any atom is 0.337 e. The Labute approximate surface area is 95.5 Å². The monoisotopic (exact) mass is 219 g/mol. The predicted octanol–water partition coefficient (Wildman–Crippen LogP) is 2.78. The summed E-state index contributed by atoms with van der Waals surface area (Å²) in [4.78, 5) is 15.7. The molecule has 1 atom stereocenters. The lowest BCUT2D eigenvalue weighted by molar-refractivity contribution is 0.0695. The minimum Gasteiger partial charge on any atom is -0.478 e. The Morgan fingerprint density at radius 2 is 2.31 bits per heavy atom. The van der Waals surface area contributed by atoms with Crippen molar-refractivity contribution < 1.29 is 9.90 Å². The van der Waals surface area contributed by atoms with Crippen molar-refractivity contribution >= 4 is 5.97 Å². The molecule has 86 valence electrons. The van der Waals surface area contributed by atoms with Crippen LogP contribution in [0.25, 0.3) is 0 Å². The smallest absolute Gasteiger partial charge is 0.337 e. The van der Waals surface area contributed by atoms with Gasteiger partial charge in [-0.15, -0.1) is 0 Å². The van der Waals surface area contributed by atoms with E-state index in [1.165, 1.54) is 0 Å². The molecule has 0 spiro atoms. The number of aromatic carboxylic acids is 1. The van der Waals surface area contributed by atoms with Crippen LogP contribution in [0, 0.1) is 0 Å². The van der Waals surface area contributed by atoms with Crippen LogP contribution in [-0.2, 0) is 12.8 Å². The Balaban J connectivity index is 2.51. The lowest BCUT2D eigenvalue weighted by Gasteiger charge is -2.10. The summed E-state index contributed by atoms with van der Waals surface area (Å²) >= 11 is 0. The highest BCUT2D eigenvalue weighted by Crippen LogP contribution is 2.34. The van der Waals surface area contributed by atoms with Gasteiger partial charge in [-0.1, -0.05) is 13.8 Å². The molecular formula is C13H17NO2. The van der Waals surface area contributed by atoms with Gasteiger partial charge in [0, 0.05) is 11.6 Å². The summed E-state index contributed by atoms with van der Waals surface area (Å²) in [6.07, 6.45) is 3.87. The third-order valence-electron chi connectivity index (χ3n) is 3.42. The molecule has 1 aliphatic rings. The molecule has 0 saturated carbocycles. The fourth-order valence-electron chi connectivity index (χ4n) is 2.48. The van der Waals surface area contributed by atoms with E-state index in [-0.39, 0.29) is 0 Å². The molecule has 1 unspecified atom stereocenters. The van der Waals surface area contributed by atoms with Crippen molar-refractivity contribution in [2.75, 3.05) is 0 Å². The second kappa shape index (κ2) is 4.24. The average molecular weight is 219 g/mol. The molecular weight excluding hydrogens is 202 g/mol. The second-order valence-electron chi connectivity index (χ2n) is 4.33. The van der Waals surface area contributed by atoms with E-state index in [1.54, 1.807) is 0 Å². The number of carbonyl (C=O) groups is 1. The van der Waals surface area contributed by atoms with Gasteiger partial charge in [-0.25, -0.2) is 4.79 Å². The Morgan fingerprint density at radius 3 is 2.88 bits per heavy atom. The average Bonchev–Trinajstić information content (AvgIpc) is 2.68. The number of fused-ring (bicyclic) bond motifs is 1. The van der Waals surface area contributed by atoms with E-state index >= 15 is 0 Å². The van der Waals surface area contributed by atoms with Gasteiger partial charge < -0.3 is 5.11 Å². The largest absolute Gasteiger partial charge is 0.478 e. The highest BCUT2D eigenvalue weighted by Gasteiger charge is 2.25. The first kappa shape index (κ1) is 11.1. The van der Waals surface area contributed by atoms with Crippen LogP contribution in [-0.4, -0.2) is 16.1 Å². The topological polar surface area (TPSA) is 50.2 Å². The lowest BCUT2D eigenvalue weighted by atomic mass is 10.0. The van der Waals surface area contributed by atoms with Crippen LogP contribution in [0.15, 0.2) is 6.07 Å². The lowest BCUT2D eigenvalue weighted by Crippen LogP contribution is -2.08. The summed E-state index contributed by atoms with van der Waals surface area (Å²) in [5, 5.41) is 9.11. The molecule has 0 fully saturated rings. The van der Waals surface area contributed by atoms with Crippen LogP contribution in [0.4, 0.5) is 0 Å². The molecule has 0 aromatic carbocycles. The molecule has 1 heterocycles. The van der Waals surface area contributed by atoms with E-state index in [9.17, 15) is 4.79 Å². The van der Waals surface area contributed by atoms with E-state index < -0.39 is 5.97 Å². The maximum absolute atomic E-state index is 11.1. The fourth-order valence-corrected chi connectivity index (χ4v) is 2.48. The first-order valence-electron chi connectivity index (χ1n) is 5.93. The Morgan fingerprint density at radius 1 is 1.56 bits per heavy atom. The molecule has 0 aliphatic heterocycles. The quantitative estimate of drug-likeness (QED) is 0.850. The maximum atomic E-state index is 11.1. The van der Waals surface area contributed by atoms with Gasteiger partial charge in [0.2, 0.25) is 0 Å². The minimum absolute atomic E-state index is 0.387. The van der Waals surface area contributed by atoms with Crippen molar-refractivity contribution in [2.45, 2.75) is 45.4 Å². The van der Waals surface area contributed by atoms with Gasteiger partial charge in [0.15, 0.2) is 0 Å². The first-order chi connectivity index (χ1) is 7.67. The number of carboxylic acids is 1. The van der Waals surface area contributed by atoms with Crippen LogP contribution < -0.4 is 0 Å². The summed E-state index contributed by atoms with van der Waals surface area (Å²) in [6, 6.07) is 1.83. The Hall–Kier alpha value is -1.38. The Bertz CT molecular complexity index is 426. The Kier molecular flexibility index (Phi) is 2.95. The normalized spacial score (nSPS) is 18.5. The van der Waals surface area contributed by atoms with Crippen molar-refractivity contribution in [2.24, 2.45) is 0 Å². The summed E-state index contributed by atoms with van der Waals surface area (Å²) < 4.78 is 0. The van der Waals surface area contributed by atoms with Gasteiger partial charge >= 0.3 is 5.97 Å². The van der Waals surface area contributed by atoms with Crippen LogP contribution in [0.1, 0.15) is 59.9 Å². The van der Waals surface area contributed by atoms with Gasteiger partial charge in [-0.3, -0.25) is 4.98 Å². The number of rotatable bonds is 3. The summed E-state index contributed by atoms with van der Waals surface area (Å²) in [5.74, 6) is -0.324. The number of hydrogen-bond donors (Lipinski definition) is 1. The first-order valence-corrected chi connectivity index (χ1v) is 5.93. The van der Waals surface area contributed by atoms with Crippen LogP contribution >= 0.6 is 0 Å². The number of carboxylic acid groups (broad SMARTS) is 1. The SMILES string of the molecule is CCc1nc2c(cc1C(=O)O)CCC2CC. The number of aryl methyl sites for hydroxylation is 2. The summed E-state index contributed by atoms with van der Waals surface area (Å²) in [6.45, 7) is 4.12. The third-order valence-corrected chi connectivity index (χ3v) is 3.42. The van der Waals surface area contributed by atoms with Crippen molar-refractivity contribution in [3.8, 4) is 0 Å². The molecule has 1 aliphatic carbocycles. The molecule has 0 bridgehead atoms. The van der Waals surface area contributed by atoms with Gasteiger partial charge in [0.25, 0.3) is 0 Å². The zero-order chi connectivity index (χ0) is 11.7. The van der Waals surface area contributed by atoms with E-state index in [4.69, 9.17) is 5.11 Å². The highest BCUT2D eigenvalue weighted by atomic mass is 16.4. The van der Waals surface area contributed by atoms with Crippen LogP contribution in [0.5, 0.6) is 0 Å². The minimum atomic E-state index is -0.855. The molecule has 0 radical (unpaired) electrons. The zero-order valence-corrected chi connectivity index (χ0v) is 9.79. The molecule has 1 aromatic heterocycles. The summed E-state index contributed by atoms with van der Waals surface area (Å²) in [7, 11) is 0. The van der Waals surface area contributed by atoms with Gasteiger partial charge in [0.05, 0.1) is 11.3 Å². The number of nitrogens with zero attached hydrogens (tertiary/aromatic N) is 1. The van der Waals surface area contributed by atoms with Crippen molar-refractivity contribution in [1.82, 2.24) is 4.98 Å². The molecule has 3 nitrogen and oxygen atoms in total. The molecule has 16 heavy (non-hydrogen) atoms. The van der Waals surface area contributed by atoms with E-state index in [1.807, 2.05) is 13.0 Å². The van der Waals surface area contributed by atoms with Gasteiger partial charge in [-0.2, -0.15) is 0 Å². The molecule has 3 heteroatoms.